The Morgan fingerprint density at radius 1 is 1.70 bits per heavy atom. The second-order valence-corrected chi connectivity index (χ2v) is 2.10. The van der Waals surface area contributed by atoms with Crippen LogP contribution >= 0.6 is 0 Å². The van der Waals surface area contributed by atoms with Crippen molar-refractivity contribution < 1.29 is 4.74 Å². The van der Waals surface area contributed by atoms with E-state index >= 15 is 0 Å². The Morgan fingerprint density at radius 2 is 2.40 bits per heavy atom. The van der Waals surface area contributed by atoms with E-state index in [-0.39, 0.29) is 5.90 Å². The molecular weight excluding hydrogens is 128 g/mol. The quantitative estimate of drug-likeness (QED) is 0.435. The molecule has 1 N–H and O–H groups in total. The Bertz CT molecular complexity index is 234. The summed E-state index contributed by atoms with van der Waals surface area (Å²) in [5.74, 6) is 0.141. The van der Waals surface area contributed by atoms with Gasteiger partial charge in [-0.25, -0.2) is 0 Å². The molecule has 0 aromatic carbocycles. The molecule has 0 saturated carbocycles. The molecule has 0 aromatic rings. The van der Waals surface area contributed by atoms with E-state index in [2.05, 4.69) is 4.74 Å². The summed E-state index contributed by atoms with van der Waals surface area (Å²) in [4.78, 5) is 0. The Hall–Kier alpha value is -1.30. The van der Waals surface area contributed by atoms with Crippen molar-refractivity contribution in [2.24, 2.45) is 0 Å². The fourth-order valence-corrected chi connectivity index (χ4v) is 0.872. The fraction of sp³-hybridized carbons (Fsp3) is 0.429. The van der Waals surface area contributed by atoms with Crippen LogP contribution in [0.15, 0.2) is 11.1 Å². The molecule has 0 atom stereocenters. The summed E-state index contributed by atoms with van der Waals surface area (Å²) < 4.78 is 4.66. The van der Waals surface area contributed by atoms with Crippen molar-refractivity contribution in [1.82, 2.24) is 0 Å². The van der Waals surface area contributed by atoms with Gasteiger partial charge in [0, 0.05) is 11.1 Å². The number of hydrogen-bond donors (Lipinski definition) is 1. The minimum absolute atomic E-state index is 0.141. The molecular formula is C7H8N2O. The van der Waals surface area contributed by atoms with Crippen molar-refractivity contribution in [3.63, 3.8) is 0 Å². The zero-order valence-electron chi connectivity index (χ0n) is 5.77. The first kappa shape index (κ1) is 6.81. The van der Waals surface area contributed by atoms with Gasteiger partial charge in [-0.2, -0.15) is 5.26 Å². The molecule has 0 heterocycles. The number of nitrogens with zero attached hydrogens (tertiary/aromatic N) is 1. The Morgan fingerprint density at radius 3 is 2.70 bits per heavy atom. The Labute approximate surface area is 59.4 Å². The second-order valence-electron chi connectivity index (χ2n) is 2.10. The predicted molar refractivity (Wildman–Crippen MR) is 36.6 cm³/mol. The SMILES string of the molecule is COC(=N)C1=C(C#N)CC1. The molecule has 0 fully saturated rings. The number of rotatable bonds is 1. The van der Waals surface area contributed by atoms with Crippen LogP contribution in [0, 0.1) is 16.7 Å². The Kier molecular flexibility index (Phi) is 1.72. The Balaban J connectivity index is 2.76. The molecule has 0 radical (unpaired) electrons. The molecule has 0 saturated heterocycles. The molecule has 0 unspecified atom stereocenters. The summed E-state index contributed by atoms with van der Waals surface area (Å²) in [7, 11) is 1.45. The van der Waals surface area contributed by atoms with Crippen LogP contribution in [0.3, 0.4) is 0 Å². The zero-order chi connectivity index (χ0) is 7.56. The van der Waals surface area contributed by atoms with Gasteiger partial charge in [0.15, 0.2) is 0 Å². The highest BCUT2D eigenvalue weighted by molar-refractivity contribution is 5.94. The molecule has 3 nitrogen and oxygen atoms in total. The maximum atomic E-state index is 8.44. The predicted octanol–water partition coefficient (Wildman–Crippen LogP) is 1.22. The van der Waals surface area contributed by atoms with Gasteiger partial charge in [0.25, 0.3) is 0 Å². The lowest BCUT2D eigenvalue weighted by atomic mass is 9.89. The van der Waals surface area contributed by atoms with Gasteiger partial charge in [0.1, 0.15) is 0 Å². The molecule has 52 valence electrons. The highest BCUT2D eigenvalue weighted by Crippen LogP contribution is 2.27. The number of nitrogens with one attached hydrogen (secondary N) is 1. The van der Waals surface area contributed by atoms with Crippen LogP contribution in [0.2, 0.25) is 0 Å². The number of methoxy groups -OCH3 is 1. The van der Waals surface area contributed by atoms with Crippen molar-refractivity contribution in [2.75, 3.05) is 7.11 Å². The first-order valence-electron chi connectivity index (χ1n) is 3.04. The molecule has 0 amide bonds. The standard InChI is InChI=1S/C7H8N2O/c1-10-7(9)6-3-2-5(6)4-8/h9H,2-3H2,1H3. The van der Waals surface area contributed by atoms with Gasteiger partial charge >= 0.3 is 0 Å². The summed E-state index contributed by atoms with van der Waals surface area (Å²) >= 11 is 0. The van der Waals surface area contributed by atoms with E-state index in [0.29, 0.717) is 5.57 Å². The first-order chi connectivity index (χ1) is 4.79. The lowest BCUT2D eigenvalue weighted by Gasteiger charge is -2.17. The average molecular weight is 136 g/mol. The zero-order valence-corrected chi connectivity index (χ0v) is 5.77. The van der Waals surface area contributed by atoms with Crippen LogP contribution in [-0.4, -0.2) is 13.0 Å². The van der Waals surface area contributed by atoms with Crippen LogP contribution in [-0.2, 0) is 4.74 Å². The van der Waals surface area contributed by atoms with Crippen molar-refractivity contribution >= 4 is 5.90 Å². The third-order valence-electron chi connectivity index (χ3n) is 1.60. The summed E-state index contributed by atoms with van der Waals surface area (Å²) in [5, 5.41) is 15.6. The van der Waals surface area contributed by atoms with Gasteiger partial charge < -0.3 is 4.74 Å². The van der Waals surface area contributed by atoms with Crippen LogP contribution in [0.4, 0.5) is 0 Å². The molecule has 1 aliphatic rings. The van der Waals surface area contributed by atoms with Gasteiger partial charge in [-0.15, -0.1) is 0 Å². The van der Waals surface area contributed by atoms with Crippen molar-refractivity contribution in [1.29, 1.82) is 10.7 Å². The van der Waals surface area contributed by atoms with E-state index in [1.54, 1.807) is 0 Å². The van der Waals surface area contributed by atoms with Crippen LogP contribution in [0.1, 0.15) is 12.8 Å². The molecule has 0 aliphatic heterocycles. The maximum absolute atomic E-state index is 8.44. The lowest BCUT2D eigenvalue weighted by molar-refractivity contribution is 0.395. The summed E-state index contributed by atoms with van der Waals surface area (Å²) in [6, 6.07) is 2.03. The van der Waals surface area contributed by atoms with E-state index in [1.807, 2.05) is 6.07 Å². The first-order valence-corrected chi connectivity index (χ1v) is 3.04. The normalized spacial score (nSPS) is 15.6. The highest BCUT2D eigenvalue weighted by Gasteiger charge is 2.20. The largest absolute Gasteiger partial charge is 0.481 e. The van der Waals surface area contributed by atoms with Gasteiger partial charge in [-0.05, 0) is 12.8 Å². The minimum Gasteiger partial charge on any atom is -0.481 e. The van der Waals surface area contributed by atoms with E-state index in [9.17, 15) is 0 Å². The third kappa shape index (κ3) is 0.883. The summed E-state index contributed by atoms with van der Waals surface area (Å²) in [5.41, 5.74) is 1.47. The number of allylic oxidation sites excluding steroid dienone is 1. The lowest BCUT2D eigenvalue weighted by Crippen LogP contribution is -2.13. The van der Waals surface area contributed by atoms with E-state index in [4.69, 9.17) is 10.7 Å². The molecule has 1 rings (SSSR count). The van der Waals surface area contributed by atoms with E-state index < -0.39 is 0 Å². The summed E-state index contributed by atoms with van der Waals surface area (Å²) in [6.07, 6.45) is 1.62. The number of hydrogen-bond acceptors (Lipinski definition) is 3. The topological polar surface area (TPSA) is 56.9 Å². The minimum atomic E-state index is 0.141. The monoisotopic (exact) mass is 136 g/mol. The summed E-state index contributed by atoms with van der Waals surface area (Å²) in [6.45, 7) is 0. The number of nitriles is 1. The maximum Gasteiger partial charge on any atom is 0.209 e. The van der Waals surface area contributed by atoms with Gasteiger partial charge in [0.2, 0.25) is 5.90 Å². The van der Waals surface area contributed by atoms with Crippen molar-refractivity contribution in [3.8, 4) is 6.07 Å². The smallest absolute Gasteiger partial charge is 0.209 e. The van der Waals surface area contributed by atoms with Gasteiger partial charge in [-0.3, -0.25) is 5.41 Å². The van der Waals surface area contributed by atoms with Crippen LogP contribution < -0.4 is 0 Å². The molecule has 1 aliphatic carbocycles. The van der Waals surface area contributed by atoms with Crippen LogP contribution in [0.5, 0.6) is 0 Å². The van der Waals surface area contributed by atoms with E-state index in [1.165, 1.54) is 7.11 Å². The van der Waals surface area contributed by atoms with Gasteiger partial charge in [0.05, 0.1) is 13.2 Å². The average Bonchev–Trinajstić information content (AvgIpc) is 1.86. The van der Waals surface area contributed by atoms with Crippen molar-refractivity contribution in [3.05, 3.63) is 11.1 Å². The van der Waals surface area contributed by atoms with Gasteiger partial charge in [-0.1, -0.05) is 0 Å². The molecule has 0 spiro atoms. The van der Waals surface area contributed by atoms with Crippen LogP contribution in [0.25, 0.3) is 0 Å². The number of ether oxygens (including phenoxy) is 1. The fourth-order valence-electron chi connectivity index (χ4n) is 0.872. The molecule has 0 bridgehead atoms. The highest BCUT2D eigenvalue weighted by atomic mass is 16.5. The van der Waals surface area contributed by atoms with Crippen molar-refractivity contribution in [2.45, 2.75) is 12.8 Å². The molecule has 3 heteroatoms. The molecule has 0 aromatic heterocycles. The second kappa shape index (κ2) is 2.53. The molecule has 10 heavy (non-hydrogen) atoms. The van der Waals surface area contributed by atoms with E-state index in [0.717, 1.165) is 18.4 Å². The third-order valence-corrected chi connectivity index (χ3v) is 1.60.